The molecule has 0 unspecified atom stereocenters. The van der Waals surface area contributed by atoms with Crippen molar-refractivity contribution < 1.29 is 30.0 Å². The Bertz CT molecular complexity index is 2990. The van der Waals surface area contributed by atoms with Gasteiger partial charge in [-0.1, -0.05) is 113 Å². The zero-order valence-electron chi connectivity index (χ0n) is 37.3. The number of para-hydroxylation sites is 2. The summed E-state index contributed by atoms with van der Waals surface area (Å²) < 4.78 is 49.8. The summed E-state index contributed by atoms with van der Waals surface area (Å²) in [5.74, 6) is 0.191. The molecule has 0 aliphatic rings. The summed E-state index contributed by atoms with van der Waals surface area (Å²) in [5, 5.41) is 1.96. The van der Waals surface area contributed by atoms with E-state index in [-0.39, 0.29) is 43.3 Å². The molecule has 3 nitrogen and oxygen atoms in total. The van der Waals surface area contributed by atoms with E-state index in [4.69, 9.17) is 10.5 Å². The van der Waals surface area contributed by atoms with E-state index in [0.717, 1.165) is 43.5 Å². The molecule has 0 atom stereocenters. The van der Waals surface area contributed by atoms with Crippen LogP contribution in [-0.4, -0.2) is 14.5 Å². The first-order valence-electron chi connectivity index (χ1n) is 21.3. The minimum Gasteiger partial charge on any atom is -0.333 e. The molecular formula is C52H46FIrN3S-2. The maximum absolute atomic E-state index is 14.9. The van der Waals surface area contributed by atoms with Crippen molar-refractivity contribution in [2.45, 2.75) is 66.1 Å². The van der Waals surface area contributed by atoms with Gasteiger partial charge in [0.1, 0.15) is 5.82 Å². The standard InChI is InChI=1S/C37H30FN2S.C15H16N.Ir/c1-22(2)29-20-25(24-12-6-5-7-13-24)21-30(23(3)4)34(29)40-33-19-9-8-18-32(33)39-37(40)28-16-10-14-26-27-15-11-17-31(38)36(27)41-35(26)28;1-11(2)14-9-15(16-10-12(14)3)13-7-5-4-6-8-13;/h5-15,17-23H,1-4H3;4-7,9-11H,1-3H3;/q2*-1;/i;3D3,11D;. The van der Waals surface area contributed by atoms with E-state index in [9.17, 15) is 4.39 Å². The van der Waals surface area contributed by atoms with Crippen LogP contribution in [-0.2, 0) is 20.1 Å². The maximum Gasteiger partial charge on any atom is 0.140 e. The van der Waals surface area contributed by atoms with E-state index in [1.54, 1.807) is 32.0 Å². The summed E-state index contributed by atoms with van der Waals surface area (Å²) in [6.07, 6.45) is 1.36. The number of fused-ring (bicyclic) bond motifs is 4. The average Bonchev–Trinajstić information content (AvgIpc) is 3.83. The molecule has 0 saturated carbocycles. The number of halogens is 1. The summed E-state index contributed by atoms with van der Waals surface area (Å²) in [6.45, 7) is 10.1. The number of benzene rings is 6. The van der Waals surface area contributed by atoms with Crippen LogP contribution in [0.5, 0.6) is 0 Å². The summed E-state index contributed by atoms with van der Waals surface area (Å²) in [4.78, 5) is 9.44. The monoisotopic (exact) mass is 960 g/mol. The Morgan fingerprint density at radius 3 is 2.10 bits per heavy atom. The summed E-state index contributed by atoms with van der Waals surface area (Å²) in [6, 6.07) is 48.6. The number of hydrogen-bond acceptors (Lipinski definition) is 3. The first kappa shape index (κ1) is 35.9. The van der Waals surface area contributed by atoms with Crippen molar-refractivity contribution in [3.63, 3.8) is 0 Å². The zero-order valence-corrected chi connectivity index (χ0v) is 36.5. The minimum atomic E-state index is -2.26. The van der Waals surface area contributed by atoms with E-state index < -0.39 is 12.7 Å². The van der Waals surface area contributed by atoms with Gasteiger partial charge in [-0.25, -0.2) is 4.39 Å². The molecule has 0 bridgehead atoms. The molecule has 0 N–H and O–H groups in total. The van der Waals surface area contributed by atoms with Crippen LogP contribution in [0.4, 0.5) is 4.39 Å². The fourth-order valence-corrected chi connectivity index (χ4v) is 8.70. The largest absolute Gasteiger partial charge is 0.333 e. The molecule has 1 radical (unpaired) electrons. The summed E-state index contributed by atoms with van der Waals surface area (Å²) in [7, 11) is 0. The van der Waals surface area contributed by atoms with Crippen LogP contribution >= 0.6 is 11.3 Å². The first-order chi connectivity index (χ1) is 29.1. The Hall–Kier alpha value is -5.26. The van der Waals surface area contributed by atoms with Crippen molar-refractivity contribution in [2.24, 2.45) is 0 Å². The van der Waals surface area contributed by atoms with Crippen LogP contribution in [0.1, 0.15) is 87.0 Å². The molecule has 0 aliphatic heterocycles. The van der Waals surface area contributed by atoms with Crippen LogP contribution in [0, 0.1) is 24.8 Å². The fraction of sp³-hybridized carbons (Fsp3) is 0.192. The molecule has 6 aromatic carbocycles. The van der Waals surface area contributed by atoms with Crippen LogP contribution in [0.3, 0.4) is 0 Å². The Balaban J connectivity index is 0.000000233. The molecule has 293 valence electrons. The number of nitrogens with zero attached hydrogens (tertiary/aromatic N) is 3. The molecule has 58 heavy (non-hydrogen) atoms. The van der Waals surface area contributed by atoms with Gasteiger partial charge in [-0.15, -0.1) is 54.1 Å². The SMILES string of the molecule is CC(C)c1cc(-c2ccccc2)cc(C(C)C)c1-n1c(-c2[c-]ccc3c2sc2c(F)cccc23)nc2ccccc21.[2H]C([2H])([2H])c1cnc(-c2[c-]cccc2)cc1C([2H])(C)C.[Ir]. The van der Waals surface area contributed by atoms with Gasteiger partial charge in [0, 0.05) is 37.5 Å². The van der Waals surface area contributed by atoms with Crippen molar-refractivity contribution in [3.8, 4) is 39.5 Å². The van der Waals surface area contributed by atoms with E-state index >= 15 is 0 Å². The Labute approximate surface area is 364 Å². The number of pyridine rings is 1. The van der Waals surface area contributed by atoms with Crippen LogP contribution in [0.2, 0.25) is 0 Å². The normalized spacial score (nSPS) is 12.8. The molecule has 9 rings (SSSR count). The molecule has 0 spiro atoms. The predicted octanol–water partition coefficient (Wildman–Crippen LogP) is 14.9. The molecule has 0 aliphatic carbocycles. The molecule has 3 aromatic heterocycles. The summed E-state index contributed by atoms with van der Waals surface area (Å²) in [5.41, 5.74) is 11.1. The van der Waals surface area contributed by atoms with Crippen LogP contribution in [0.15, 0.2) is 134 Å². The van der Waals surface area contributed by atoms with Gasteiger partial charge in [0.25, 0.3) is 0 Å². The first-order valence-corrected chi connectivity index (χ1v) is 20.1. The van der Waals surface area contributed by atoms with Gasteiger partial charge in [-0.3, -0.25) is 4.98 Å². The quantitative estimate of drug-likeness (QED) is 0.149. The third-order valence-electron chi connectivity index (χ3n) is 10.4. The minimum absolute atomic E-state index is 0. The number of rotatable bonds is 7. The van der Waals surface area contributed by atoms with Gasteiger partial charge in [0.15, 0.2) is 0 Å². The summed E-state index contributed by atoms with van der Waals surface area (Å²) >= 11 is 1.48. The maximum atomic E-state index is 14.9. The third-order valence-corrected chi connectivity index (χ3v) is 11.6. The third kappa shape index (κ3) is 7.81. The molecule has 6 heteroatoms. The van der Waals surface area contributed by atoms with Crippen molar-refractivity contribution >= 4 is 42.5 Å². The van der Waals surface area contributed by atoms with E-state index in [2.05, 4.69) is 110 Å². The number of hydrogen-bond donors (Lipinski definition) is 0. The molecular weight excluding hydrogens is 910 g/mol. The van der Waals surface area contributed by atoms with Gasteiger partial charge < -0.3 is 9.55 Å². The smallest absolute Gasteiger partial charge is 0.140 e. The zero-order chi connectivity index (χ0) is 43.2. The molecule has 0 saturated heterocycles. The van der Waals surface area contributed by atoms with Crippen LogP contribution in [0.25, 0.3) is 70.7 Å². The topological polar surface area (TPSA) is 30.7 Å². The predicted molar refractivity (Wildman–Crippen MR) is 239 cm³/mol. The molecule has 9 aromatic rings. The van der Waals surface area contributed by atoms with Gasteiger partial charge in [-0.2, -0.15) is 11.3 Å². The Morgan fingerprint density at radius 1 is 0.707 bits per heavy atom. The van der Waals surface area contributed by atoms with Crippen molar-refractivity contribution in [1.82, 2.24) is 14.5 Å². The molecule has 0 amide bonds. The number of aryl methyl sites for hydroxylation is 1. The number of imidazole rings is 1. The average molecular weight is 960 g/mol. The van der Waals surface area contributed by atoms with Crippen LogP contribution < -0.4 is 0 Å². The number of aromatic nitrogens is 3. The van der Waals surface area contributed by atoms with Crippen molar-refractivity contribution in [2.75, 3.05) is 0 Å². The van der Waals surface area contributed by atoms with Crippen molar-refractivity contribution in [3.05, 3.63) is 174 Å². The van der Waals surface area contributed by atoms with Gasteiger partial charge in [-0.05, 0) is 104 Å². The Kier molecular flexibility index (Phi) is 10.7. The Morgan fingerprint density at radius 2 is 1.41 bits per heavy atom. The van der Waals surface area contributed by atoms with Crippen molar-refractivity contribution in [1.29, 1.82) is 0 Å². The van der Waals surface area contributed by atoms with Gasteiger partial charge in [0.2, 0.25) is 0 Å². The van der Waals surface area contributed by atoms with Gasteiger partial charge in [0.05, 0.1) is 21.6 Å². The van der Waals surface area contributed by atoms with E-state index in [0.29, 0.717) is 16.0 Å². The second-order valence-corrected chi connectivity index (χ2v) is 16.2. The van der Waals surface area contributed by atoms with E-state index in [1.807, 2.05) is 42.5 Å². The molecule has 3 heterocycles. The number of thiophene rings is 1. The second kappa shape index (κ2) is 17.3. The van der Waals surface area contributed by atoms with Gasteiger partial charge >= 0.3 is 0 Å². The second-order valence-electron chi connectivity index (χ2n) is 15.1. The molecule has 0 fully saturated rings. The van der Waals surface area contributed by atoms with E-state index in [1.165, 1.54) is 51.5 Å². The fourth-order valence-electron chi connectivity index (χ4n) is 7.50.